The molecule has 16 heavy (non-hydrogen) atoms. The van der Waals surface area contributed by atoms with Gasteiger partial charge in [0.15, 0.2) is 0 Å². The van der Waals surface area contributed by atoms with E-state index in [1.807, 2.05) is 18.2 Å². The predicted octanol–water partition coefficient (Wildman–Crippen LogP) is 3.23. The van der Waals surface area contributed by atoms with Crippen molar-refractivity contribution in [2.75, 3.05) is 0 Å². The summed E-state index contributed by atoms with van der Waals surface area (Å²) in [5, 5.41) is 12.5. The fourth-order valence-electron chi connectivity index (χ4n) is 2.24. The zero-order valence-corrected chi connectivity index (χ0v) is 10.7. The van der Waals surface area contributed by atoms with Gasteiger partial charge in [0.05, 0.1) is 12.0 Å². The molecule has 0 radical (unpaired) electrons. The normalized spacial score (nSPS) is 24.2. The van der Waals surface area contributed by atoms with Crippen LogP contribution in [-0.4, -0.2) is 6.04 Å². The molecule has 1 aromatic carbocycles. The number of nitrogens with zero attached hydrogens (tertiary/aromatic N) is 1. The second kappa shape index (κ2) is 5.47. The van der Waals surface area contributed by atoms with Crippen molar-refractivity contribution in [1.82, 2.24) is 5.32 Å². The SMILES string of the molecule is N#CC1CCCC1NCc1ccccc1Br. The standard InChI is InChI=1S/C13H15BrN2/c14-12-6-2-1-4-11(12)9-16-13-7-3-5-10(13)8-15/h1-2,4,6,10,13,16H,3,5,7,9H2. The molecular formula is C13H15BrN2. The van der Waals surface area contributed by atoms with Crippen LogP contribution in [0.25, 0.3) is 0 Å². The summed E-state index contributed by atoms with van der Waals surface area (Å²) in [7, 11) is 0. The molecule has 1 aliphatic rings. The van der Waals surface area contributed by atoms with Crippen molar-refractivity contribution in [2.45, 2.75) is 31.8 Å². The zero-order valence-electron chi connectivity index (χ0n) is 9.12. The lowest BCUT2D eigenvalue weighted by atomic mass is 10.1. The van der Waals surface area contributed by atoms with Crippen LogP contribution in [-0.2, 0) is 6.54 Å². The number of nitrogens with one attached hydrogen (secondary N) is 1. The summed E-state index contributed by atoms with van der Waals surface area (Å²) in [5.41, 5.74) is 1.26. The van der Waals surface area contributed by atoms with Crippen molar-refractivity contribution in [3.63, 3.8) is 0 Å². The first kappa shape index (κ1) is 11.6. The summed E-state index contributed by atoms with van der Waals surface area (Å²) in [6.45, 7) is 0.838. The first-order valence-corrected chi connectivity index (χ1v) is 6.47. The van der Waals surface area contributed by atoms with Gasteiger partial charge in [0.2, 0.25) is 0 Å². The Balaban J connectivity index is 1.93. The first-order valence-electron chi connectivity index (χ1n) is 5.67. The quantitative estimate of drug-likeness (QED) is 0.922. The van der Waals surface area contributed by atoms with Crippen LogP contribution in [0.5, 0.6) is 0 Å². The predicted molar refractivity (Wildman–Crippen MR) is 67.7 cm³/mol. The number of rotatable bonds is 3. The summed E-state index contributed by atoms with van der Waals surface area (Å²) in [6, 6.07) is 11.0. The van der Waals surface area contributed by atoms with Gasteiger partial charge < -0.3 is 5.32 Å². The average Bonchev–Trinajstić information content (AvgIpc) is 2.75. The van der Waals surface area contributed by atoms with Gasteiger partial charge in [-0.25, -0.2) is 0 Å². The van der Waals surface area contributed by atoms with E-state index in [4.69, 9.17) is 5.26 Å². The third kappa shape index (κ3) is 2.63. The highest BCUT2D eigenvalue weighted by molar-refractivity contribution is 9.10. The highest BCUT2D eigenvalue weighted by Crippen LogP contribution is 2.25. The number of hydrogen-bond donors (Lipinski definition) is 1. The maximum Gasteiger partial charge on any atom is 0.0672 e. The van der Waals surface area contributed by atoms with Crippen LogP contribution < -0.4 is 5.32 Å². The van der Waals surface area contributed by atoms with Crippen molar-refractivity contribution in [2.24, 2.45) is 5.92 Å². The van der Waals surface area contributed by atoms with Crippen LogP contribution in [0.4, 0.5) is 0 Å². The molecule has 2 unspecified atom stereocenters. The summed E-state index contributed by atoms with van der Waals surface area (Å²) in [5.74, 6) is 0.197. The van der Waals surface area contributed by atoms with Crippen LogP contribution in [0.2, 0.25) is 0 Å². The minimum absolute atomic E-state index is 0.197. The molecule has 1 saturated carbocycles. The Hall–Kier alpha value is -0.850. The lowest BCUT2D eigenvalue weighted by Gasteiger charge is -2.16. The van der Waals surface area contributed by atoms with E-state index in [0.717, 1.165) is 23.9 Å². The Kier molecular flexibility index (Phi) is 3.98. The van der Waals surface area contributed by atoms with E-state index < -0.39 is 0 Å². The van der Waals surface area contributed by atoms with Crippen molar-refractivity contribution in [1.29, 1.82) is 5.26 Å². The van der Waals surface area contributed by atoms with Gasteiger partial charge in [-0.3, -0.25) is 0 Å². The van der Waals surface area contributed by atoms with E-state index in [0.29, 0.717) is 6.04 Å². The molecule has 84 valence electrons. The molecule has 1 aromatic rings. The summed E-state index contributed by atoms with van der Waals surface area (Å²) >= 11 is 3.53. The monoisotopic (exact) mass is 278 g/mol. The molecule has 0 aliphatic heterocycles. The number of halogens is 1. The van der Waals surface area contributed by atoms with Gasteiger partial charge >= 0.3 is 0 Å². The van der Waals surface area contributed by atoms with Gasteiger partial charge in [-0.1, -0.05) is 40.5 Å². The van der Waals surface area contributed by atoms with Gasteiger partial charge in [-0.2, -0.15) is 5.26 Å². The highest BCUT2D eigenvalue weighted by atomic mass is 79.9. The van der Waals surface area contributed by atoms with Crippen LogP contribution in [0, 0.1) is 17.2 Å². The fraction of sp³-hybridized carbons (Fsp3) is 0.462. The van der Waals surface area contributed by atoms with Gasteiger partial charge in [-0.05, 0) is 24.5 Å². The molecule has 0 aromatic heterocycles. The van der Waals surface area contributed by atoms with Crippen molar-refractivity contribution >= 4 is 15.9 Å². The van der Waals surface area contributed by atoms with Crippen LogP contribution in [0.15, 0.2) is 28.7 Å². The molecule has 1 fully saturated rings. The summed E-state index contributed by atoms with van der Waals surface area (Å²) in [6.07, 6.45) is 3.35. The summed E-state index contributed by atoms with van der Waals surface area (Å²) in [4.78, 5) is 0. The minimum Gasteiger partial charge on any atom is -0.309 e. The van der Waals surface area contributed by atoms with E-state index in [-0.39, 0.29) is 5.92 Å². The molecule has 1 aliphatic carbocycles. The van der Waals surface area contributed by atoms with E-state index in [1.54, 1.807) is 0 Å². The van der Waals surface area contributed by atoms with E-state index in [2.05, 4.69) is 33.4 Å². The third-order valence-electron chi connectivity index (χ3n) is 3.19. The van der Waals surface area contributed by atoms with Crippen molar-refractivity contribution < 1.29 is 0 Å². The first-order chi connectivity index (χ1) is 7.81. The van der Waals surface area contributed by atoms with Gasteiger partial charge in [0.25, 0.3) is 0 Å². The van der Waals surface area contributed by atoms with Crippen LogP contribution >= 0.6 is 15.9 Å². The number of hydrogen-bond acceptors (Lipinski definition) is 2. The van der Waals surface area contributed by atoms with Gasteiger partial charge in [0.1, 0.15) is 0 Å². The molecule has 0 heterocycles. The average molecular weight is 279 g/mol. The van der Waals surface area contributed by atoms with E-state index >= 15 is 0 Å². The molecule has 0 bridgehead atoms. The highest BCUT2D eigenvalue weighted by Gasteiger charge is 2.26. The van der Waals surface area contributed by atoms with E-state index in [9.17, 15) is 0 Å². The van der Waals surface area contributed by atoms with E-state index in [1.165, 1.54) is 12.0 Å². The summed E-state index contributed by atoms with van der Waals surface area (Å²) < 4.78 is 1.13. The Morgan fingerprint density at radius 3 is 2.94 bits per heavy atom. The Morgan fingerprint density at radius 2 is 2.19 bits per heavy atom. The second-order valence-electron chi connectivity index (χ2n) is 4.25. The molecule has 0 amide bonds. The zero-order chi connectivity index (χ0) is 11.4. The lowest BCUT2D eigenvalue weighted by molar-refractivity contribution is 0.464. The molecular weight excluding hydrogens is 264 g/mol. The van der Waals surface area contributed by atoms with Crippen molar-refractivity contribution in [3.8, 4) is 6.07 Å². The third-order valence-corrected chi connectivity index (χ3v) is 3.97. The van der Waals surface area contributed by atoms with Crippen LogP contribution in [0.3, 0.4) is 0 Å². The fourth-order valence-corrected chi connectivity index (χ4v) is 2.67. The molecule has 2 rings (SSSR count). The molecule has 0 saturated heterocycles. The molecule has 3 heteroatoms. The molecule has 0 spiro atoms. The topological polar surface area (TPSA) is 35.8 Å². The maximum atomic E-state index is 8.99. The maximum absolute atomic E-state index is 8.99. The molecule has 2 atom stereocenters. The molecule has 2 nitrogen and oxygen atoms in total. The van der Waals surface area contributed by atoms with Gasteiger partial charge in [-0.15, -0.1) is 0 Å². The van der Waals surface area contributed by atoms with Crippen LogP contribution in [0.1, 0.15) is 24.8 Å². The Bertz CT molecular complexity index is 397. The Labute approximate surface area is 105 Å². The minimum atomic E-state index is 0.197. The molecule has 1 N–H and O–H groups in total. The Morgan fingerprint density at radius 1 is 1.38 bits per heavy atom. The number of benzene rings is 1. The largest absolute Gasteiger partial charge is 0.309 e. The lowest BCUT2D eigenvalue weighted by Crippen LogP contribution is -2.31. The second-order valence-corrected chi connectivity index (χ2v) is 5.10. The number of nitriles is 1. The smallest absolute Gasteiger partial charge is 0.0672 e. The van der Waals surface area contributed by atoms with Crippen molar-refractivity contribution in [3.05, 3.63) is 34.3 Å². The van der Waals surface area contributed by atoms with Gasteiger partial charge in [0, 0.05) is 17.1 Å².